The highest BCUT2D eigenvalue weighted by Crippen LogP contribution is 2.26. The van der Waals surface area contributed by atoms with Crippen molar-refractivity contribution in [2.75, 3.05) is 6.54 Å². The number of hydrogen-bond donors (Lipinski definition) is 1. The van der Waals surface area contributed by atoms with Gasteiger partial charge in [-0.25, -0.2) is 0 Å². The summed E-state index contributed by atoms with van der Waals surface area (Å²) in [5, 5.41) is 0.182. The molecule has 3 nitrogen and oxygen atoms in total. The van der Waals surface area contributed by atoms with E-state index in [0.717, 1.165) is 12.1 Å². The minimum absolute atomic E-state index is 0.123. The molecule has 0 spiro atoms. The van der Waals surface area contributed by atoms with Crippen LogP contribution < -0.4 is 0 Å². The fourth-order valence-corrected chi connectivity index (χ4v) is 2.24. The zero-order valence-corrected chi connectivity index (χ0v) is 9.52. The fourth-order valence-electron chi connectivity index (χ4n) is 1.91. The first-order valence-corrected chi connectivity index (χ1v) is 5.57. The van der Waals surface area contributed by atoms with Crippen molar-refractivity contribution >= 4 is 18.5 Å². The van der Waals surface area contributed by atoms with Crippen molar-refractivity contribution in [3.05, 3.63) is 30.1 Å². The second-order valence-electron chi connectivity index (χ2n) is 3.86. The van der Waals surface area contributed by atoms with Gasteiger partial charge in [0, 0.05) is 30.6 Å². The Kier molecular flexibility index (Phi) is 2.95. The minimum Gasteiger partial charge on any atom is -0.335 e. The van der Waals surface area contributed by atoms with Gasteiger partial charge in [-0.15, -0.1) is 0 Å². The summed E-state index contributed by atoms with van der Waals surface area (Å²) in [7, 11) is 0. The molecule has 15 heavy (non-hydrogen) atoms. The Morgan fingerprint density at radius 1 is 1.53 bits per heavy atom. The molecule has 0 radical (unpaired) electrons. The highest BCUT2D eigenvalue weighted by molar-refractivity contribution is 7.81. The van der Waals surface area contributed by atoms with Gasteiger partial charge in [-0.1, -0.05) is 0 Å². The zero-order chi connectivity index (χ0) is 10.8. The molecule has 1 aliphatic heterocycles. The van der Waals surface area contributed by atoms with Crippen molar-refractivity contribution in [1.82, 2.24) is 9.88 Å². The van der Waals surface area contributed by atoms with Crippen LogP contribution in [-0.2, 0) is 4.79 Å². The number of aromatic nitrogens is 1. The summed E-state index contributed by atoms with van der Waals surface area (Å²) in [5.74, 6) is 0.194. The standard InChI is InChI=1S/C11H14N2OS/c1-8(9-2-4-12-5-3-9)13-7-10(15)6-11(13)14/h2-5,8,10,15H,6-7H2,1H3. The van der Waals surface area contributed by atoms with Gasteiger partial charge in [0.25, 0.3) is 0 Å². The van der Waals surface area contributed by atoms with E-state index < -0.39 is 0 Å². The molecule has 2 heterocycles. The Labute approximate surface area is 94.9 Å². The van der Waals surface area contributed by atoms with Gasteiger partial charge in [0.2, 0.25) is 5.91 Å². The van der Waals surface area contributed by atoms with Gasteiger partial charge in [-0.2, -0.15) is 12.6 Å². The van der Waals surface area contributed by atoms with Crippen molar-refractivity contribution in [2.45, 2.75) is 24.6 Å². The van der Waals surface area contributed by atoms with E-state index >= 15 is 0 Å². The predicted octanol–water partition coefficient (Wildman–Crippen LogP) is 1.67. The maximum atomic E-state index is 11.7. The Morgan fingerprint density at radius 3 is 2.73 bits per heavy atom. The molecular weight excluding hydrogens is 208 g/mol. The predicted molar refractivity (Wildman–Crippen MR) is 61.8 cm³/mol. The molecule has 2 atom stereocenters. The van der Waals surface area contributed by atoms with Crippen molar-refractivity contribution in [3.63, 3.8) is 0 Å². The Morgan fingerprint density at radius 2 is 2.20 bits per heavy atom. The van der Waals surface area contributed by atoms with E-state index in [1.54, 1.807) is 12.4 Å². The highest BCUT2D eigenvalue weighted by atomic mass is 32.1. The van der Waals surface area contributed by atoms with Gasteiger partial charge in [-0.05, 0) is 24.6 Å². The molecule has 1 amide bonds. The van der Waals surface area contributed by atoms with Crippen LogP contribution in [0, 0.1) is 0 Å². The first-order chi connectivity index (χ1) is 7.18. The molecule has 2 unspecified atom stereocenters. The Bertz CT molecular complexity index is 355. The van der Waals surface area contributed by atoms with E-state index in [1.807, 2.05) is 24.0 Å². The average Bonchev–Trinajstić information content (AvgIpc) is 2.58. The lowest BCUT2D eigenvalue weighted by Crippen LogP contribution is -2.28. The van der Waals surface area contributed by atoms with Gasteiger partial charge in [-0.3, -0.25) is 9.78 Å². The van der Waals surface area contributed by atoms with Crippen LogP contribution in [0.15, 0.2) is 24.5 Å². The second-order valence-corrected chi connectivity index (χ2v) is 4.59. The normalized spacial score (nSPS) is 23.2. The van der Waals surface area contributed by atoms with Gasteiger partial charge in [0.1, 0.15) is 0 Å². The number of amides is 1. The van der Waals surface area contributed by atoms with Gasteiger partial charge in [0.05, 0.1) is 6.04 Å². The monoisotopic (exact) mass is 222 g/mol. The molecular formula is C11H14N2OS. The summed E-state index contributed by atoms with van der Waals surface area (Å²) < 4.78 is 0. The largest absolute Gasteiger partial charge is 0.335 e. The van der Waals surface area contributed by atoms with Crippen LogP contribution in [0.25, 0.3) is 0 Å². The Balaban J connectivity index is 2.15. The first kappa shape index (κ1) is 10.5. The summed E-state index contributed by atoms with van der Waals surface area (Å²) in [6.45, 7) is 2.78. The van der Waals surface area contributed by atoms with Crippen LogP contribution in [0.1, 0.15) is 24.9 Å². The highest BCUT2D eigenvalue weighted by Gasteiger charge is 2.30. The molecule has 1 saturated heterocycles. The third-order valence-electron chi connectivity index (χ3n) is 2.79. The lowest BCUT2D eigenvalue weighted by atomic mass is 10.1. The van der Waals surface area contributed by atoms with E-state index in [2.05, 4.69) is 17.6 Å². The second kappa shape index (κ2) is 4.23. The van der Waals surface area contributed by atoms with Crippen LogP contribution >= 0.6 is 12.6 Å². The van der Waals surface area contributed by atoms with Crippen molar-refractivity contribution < 1.29 is 4.79 Å². The molecule has 1 fully saturated rings. The van der Waals surface area contributed by atoms with E-state index in [4.69, 9.17) is 0 Å². The van der Waals surface area contributed by atoms with E-state index in [0.29, 0.717) is 6.42 Å². The number of likely N-dealkylation sites (tertiary alicyclic amines) is 1. The number of nitrogens with zero attached hydrogens (tertiary/aromatic N) is 2. The third-order valence-corrected chi connectivity index (χ3v) is 3.14. The number of thiol groups is 1. The first-order valence-electron chi connectivity index (χ1n) is 5.06. The van der Waals surface area contributed by atoms with Crippen LogP contribution in [0.5, 0.6) is 0 Å². The number of rotatable bonds is 2. The minimum atomic E-state index is 0.123. The molecule has 1 aromatic rings. The lowest BCUT2D eigenvalue weighted by Gasteiger charge is -2.24. The number of hydrogen-bond acceptors (Lipinski definition) is 3. The molecule has 4 heteroatoms. The summed E-state index contributed by atoms with van der Waals surface area (Å²) in [5.41, 5.74) is 1.13. The maximum Gasteiger partial charge on any atom is 0.224 e. The Hall–Kier alpha value is -1.03. The van der Waals surface area contributed by atoms with Crippen LogP contribution in [0.4, 0.5) is 0 Å². The molecule has 0 aromatic carbocycles. The topological polar surface area (TPSA) is 33.2 Å². The molecule has 0 bridgehead atoms. The molecule has 0 aliphatic carbocycles. The van der Waals surface area contributed by atoms with Gasteiger partial charge in [0.15, 0.2) is 0 Å². The van der Waals surface area contributed by atoms with Crippen LogP contribution in [0.3, 0.4) is 0 Å². The van der Waals surface area contributed by atoms with Crippen LogP contribution in [-0.4, -0.2) is 27.6 Å². The van der Waals surface area contributed by atoms with E-state index in [9.17, 15) is 4.79 Å². The maximum absolute atomic E-state index is 11.7. The number of pyridine rings is 1. The van der Waals surface area contributed by atoms with E-state index in [1.165, 1.54) is 0 Å². The van der Waals surface area contributed by atoms with Crippen molar-refractivity contribution in [3.8, 4) is 0 Å². The van der Waals surface area contributed by atoms with Gasteiger partial charge < -0.3 is 4.90 Å². The SMILES string of the molecule is CC(c1ccncc1)N1CC(S)CC1=O. The lowest BCUT2D eigenvalue weighted by molar-refractivity contribution is -0.129. The fraction of sp³-hybridized carbons (Fsp3) is 0.455. The van der Waals surface area contributed by atoms with E-state index in [-0.39, 0.29) is 17.2 Å². The summed E-state index contributed by atoms with van der Waals surface area (Å²) in [6.07, 6.45) is 4.06. The van der Waals surface area contributed by atoms with Crippen molar-refractivity contribution in [2.24, 2.45) is 0 Å². The average molecular weight is 222 g/mol. The molecule has 2 rings (SSSR count). The molecule has 0 N–H and O–H groups in total. The number of carbonyl (C=O) groups is 1. The molecule has 0 saturated carbocycles. The summed E-state index contributed by atoms with van der Waals surface area (Å²) in [4.78, 5) is 17.5. The quantitative estimate of drug-likeness (QED) is 0.772. The van der Waals surface area contributed by atoms with Crippen molar-refractivity contribution in [1.29, 1.82) is 0 Å². The smallest absolute Gasteiger partial charge is 0.224 e. The third kappa shape index (κ3) is 2.15. The molecule has 1 aromatic heterocycles. The van der Waals surface area contributed by atoms with Gasteiger partial charge >= 0.3 is 0 Å². The summed E-state index contributed by atoms with van der Waals surface area (Å²) >= 11 is 4.34. The zero-order valence-electron chi connectivity index (χ0n) is 8.63. The summed E-state index contributed by atoms with van der Waals surface area (Å²) in [6, 6.07) is 4.02. The molecule has 1 aliphatic rings. The number of carbonyl (C=O) groups excluding carboxylic acids is 1. The van der Waals surface area contributed by atoms with Crippen LogP contribution in [0.2, 0.25) is 0 Å². The molecule has 80 valence electrons.